The highest BCUT2D eigenvalue weighted by atomic mass is 19.2. The third-order valence-electron chi connectivity index (χ3n) is 5.71. The van der Waals surface area contributed by atoms with E-state index in [2.05, 4.69) is 27.2 Å². The van der Waals surface area contributed by atoms with Crippen molar-refractivity contribution in [2.24, 2.45) is 5.92 Å². The van der Waals surface area contributed by atoms with Crippen molar-refractivity contribution in [2.75, 3.05) is 19.6 Å². The summed E-state index contributed by atoms with van der Waals surface area (Å²) >= 11 is 0. The lowest BCUT2D eigenvalue weighted by atomic mass is 9.88. The van der Waals surface area contributed by atoms with Gasteiger partial charge in [-0.3, -0.25) is 5.10 Å². The first-order chi connectivity index (χ1) is 12.7. The quantitative estimate of drug-likeness (QED) is 0.790. The zero-order chi connectivity index (χ0) is 17.9. The molecule has 2 atom stereocenters. The SMILES string of the molecule is Fc1ccc(-c2cn[nH]c2C2CCCN(CC3CC=CCC3)C2)cc1F. The summed E-state index contributed by atoms with van der Waals surface area (Å²) in [4.78, 5) is 2.56. The molecular formula is C21H25F2N3. The molecule has 0 saturated carbocycles. The Bertz CT molecular complexity index is 783. The Kier molecular flexibility index (Phi) is 5.16. The van der Waals surface area contributed by atoms with Gasteiger partial charge in [0.2, 0.25) is 0 Å². The van der Waals surface area contributed by atoms with E-state index < -0.39 is 11.6 Å². The molecule has 0 spiro atoms. The highest BCUT2D eigenvalue weighted by molar-refractivity contribution is 5.66. The lowest BCUT2D eigenvalue weighted by Gasteiger charge is -2.35. The van der Waals surface area contributed by atoms with Gasteiger partial charge >= 0.3 is 0 Å². The molecule has 5 heteroatoms. The van der Waals surface area contributed by atoms with E-state index in [1.807, 2.05) is 0 Å². The summed E-state index contributed by atoms with van der Waals surface area (Å²) in [6.07, 6.45) is 12.2. The van der Waals surface area contributed by atoms with Gasteiger partial charge in [0.25, 0.3) is 0 Å². The van der Waals surface area contributed by atoms with Crippen molar-refractivity contribution in [1.82, 2.24) is 15.1 Å². The van der Waals surface area contributed by atoms with Gasteiger partial charge in [-0.2, -0.15) is 5.10 Å². The number of rotatable bonds is 4. The normalized spacial score (nSPS) is 24.1. The van der Waals surface area contributed by atoms with Crippen molar-refractivity contribution in [3.8, 4) is 11.1 Å². The maximum Gasteiger partial charge on any atom is 0.159 e. The second kappa shape index (κ2) is 7.70. The Labute approximate surface area is 153 Å². The number of hydrogen-bond acceptors (Lipinski definition) is 2. The molecule has 3 nitrogen and oxygen atoms in total. The Morgan fingerprint density at radius 3 is 2.88 bits per heavy atom. The van der Waals surface area contributed by atoms with Crippen molar-refractivity contribution in [2.45, 2.75) is 38.0 Å². The Morgan fingerprint density at radius 2 is 2.08 bits per heavy atom. The number of halogens is 2. The topological polar surface area (TPSA) is 31.9 Å². The summed E-state index contributed by atoms with van der Waals surface area (Å²) in [5, 5.41) is 7.33. The highest BCUT2D eigenvalue weighted by Gasteiger charge is 2.26. The van der Waals surface area contributed by atoms with Gasteiger partial charge in [-0.05, 0) is 62.3 Å². The number of nitrogens with one attached hydrogen (secondary N) is 1. The summed E-state index contributed by atoms with van der Waals surface area (Å²) < 4.78 is 26.9. The van der Waals surface area contributed by atoms with Gasteiger partial charge in [0.05, 0.1) is 6.20 Å². The molecule has 1 fully saturated rings. The molecule has 1 aromatic carbocycles. The minimum absolute atomic E-state index is 0.355. The number of benzene rings is 1. The predicted octanol–water partition coefficient (Wildman–Crippen LogP) is 4.89. The van der Waals surface area contributed by atoms with Crippen molar-refractivity contribution < 1.29 is 8.78 Å². The van der Waals surface area contributed by atoms with E-state index in [0.717, 1.165) is 49.7 Å². The number of nitrogens with zero attached hydrogens (tertiary/aromatic N) is 2. The highest BCUT2D eigenvalue weighted by Crippen LogP contribution is 2.34. The number of likely N-dealkylation sites (tertiary alicyclic amines) is 1. The van der Waals surface area contributed by atoms with Crippen LogP contribution in [0.2, 0.25) is 0 Å². The summed E-state index contributed by atoms with van der Waals surface area (Å²) in [5.74, 6) is -0.519. The summed E-state index contributed by atoms with van der Waals surface area (Å²) in [7, 11) is 0. The fraction of sp³-hybridized carbons (Fsp3) is 0.476. The van der Waals surface area contributed by atoms with Gasteiger partial charge < -0.3 is 4.90 Å². The van der Waals surface area contributed by atoms with E-state index in [0.29, 0.717) is 11.5 Å². The van der Waals surface area contributed by atoms with Crippen LogP contribution in [0.25, 0.3) is 11.1 Å². The fourth-order valence-electron chi connectivity index (χ4n) is 4.35. The Morgan fingerprint density at radius 1 is 1.15 bits per heavy atom. The molecule has 2 unspecified atom stereocenters. The molecule has 0 bridgehead atoms. The fourth-order valence-corrected chi connectivity index (χ4v) is 4.35. The molecule has 1 N–H and O–H groups in total. The Balaban J connectivity index is 1.49. The van der Waals surface area contributed by atoms with E-state index in [4.69, 9.17) is 0 Å². The summed E-state index contributed by atoms with van der Waals surface area (Å²) in [6, 6.07) is 4.07. The molecule has 2 heterocycles. The first kappa shape index (κ1) is 17.4. The average Bonchev–Trinajstić information content (AvgIpc) is 3.15. The lowest BCUT2D eigenvalue weighted by molar-refractivity contribution is 0.173. The van der Waals surface area contributed by atoms with Crippen molar-refractivity contribution in [1.29, 1.82) is 0 Å². The molecule has 1 saturated heterocycles. The van der Waals surface area contributed by atoms with Crippen molar-refractivity contribution >= 4 is 0 Å². The maximum absolute atomic E-state index is 13.6. The second-order valence-electron chi connectivity index (χ2n) is 7.58. The van der Waals surface area contributed by atoms with Crippen LogP contribution in [0.1, 0.15) is 43.7 Å². The second-order valence-corrected chi connectivity index (χ2v) is 7.58. The molecule has 0 amide bonds. The van der Waals surface area contributed by atoms with Crippen molar-refractivity contribution in [3.05, 3.63) is 53.9 Å². The van der Waals surface area contributed by atoms with Crippen LogP contribution in [0.4, 0.5) is 8.78 Å². The van der Waals surface area contributed by atoms with Crippen molar-refractivity contribution in [3.63, 3.8) is 0 Å². The first-order valence-electron chi connectivity index (χ1n) is 9.56. The number of piperidine rings is 1. The predicted molar refractivity (Wildman–Crippen MR) is 98.8 cm³/mol. The summed E-state index contributed by atoms with van der Waals surface area (Å²) in [6.45, 7) is 3.29. The zero-order valence-electron chi connectivity index (χ0n) is 14.9. The first-order valence-corrected chi connectivity index (χ1v) is 9.56. The molecular weight excluding hydrogens is 332 g/mol. The van der Waals surface area contributed by atoms with Gasteiger partial charge in [-0.15, -0.1) is 0 Å². The van der Waals surface area contributed by atoms with E-state index in [9.17, 15) is 8.78 Å². The van der Waals surface area contributed by atoms with Gasteiger partial charge in [0, 0.05) is 30.3 Å². The molecule has 26 heavy (non-hydrogen) atoms. The maximum atomic E-state index is 13.6. The van der Waals surface area contributed by atoms with E-state index in [1.54, 1.807) is 12.3 Å². The molecule has 1 aliphatic heterocycles. The monoisotopic (exact) mass is 357 g/mol. The third-order valence-corrected chi connectivity index (χ3v) is 5.71. The lowest BCUT2D eigenvalue weighted by Crippen LogP contribution is -2.38. The number of H-pyrrole nitrogens is 1. The van der Waals surface area contributed by atoms with Crippen LogP contribution in [0, 0.1) is 17.6 Å². The number of allylic oxidation sites excluding steroid dienone is 2. The standard InChI is InChI=1S/C21H25F2N3/c22-19-9-8-16(11-20(19)23)18-12-24-25-21(18)17-7-4-10-26(14-17)13-15-5-2-1-3-6-15/h1-2,8-9,11-12,15,17H,3-7,10,13-14H2,(H,24,25). The van der Waals surface area contributed by atoms with Gasteiger partial charge in [-0.1, -0.05) is 18.2 Å². The molecule has 138 valence electrons. The smallest absolute Gasteiger partial charge is 0.159 e. The van der Waals surface area contributed by atoms with E-state index in [1.165, 1.54) is 31.4 Å². The van der Waals surface area contributed by atoms with Crippen LogP contribution < -0.4 is 0 Å². The molecule has 0 radical (unpaired) electrons. The zero-order valence-corrected chi connectivity index (χ0v) is 14.9. The van der Waals surface area contributed by atoms with Crippen LogP contribution in [-0.2, 0) is 0 Å². The number of hydrogen-bond donors (Lipinski definition) is 1. The average molecular weight is 357 g/mol. The van der Waals surface area contributed by atoms with Gasteiger partial charge in [0.1, 0.15) is 0 Å². The Hall–Kier alpha value is -2.01. The van der Waals surface area contributed by atoms with Crippen LogP contribution in [0.3, 0.4) is 0 Å². The molecule has 4 rings (SSSR count). The van der Waals surface area contributed by atoms with Crippen LogP contribution >= 0.6 is 0 Å². The summed E-state index contributed by atoms with van der Waals surface area (Å²) in [5.41, 5.74) is 2.61. The third kappa shape index (κ3) is 3.73. The minimum Gasteiger partial charge on any atom is -0.302 e. The minimum atomic E-state index is -0.816. The molecule has 2 aliphatic rings. The van der Waals surface area contributed by atoms with Gasteiger partial charge in [-0.25, -0.2) is 8.78 Å². The largest absolute Gasteiger partial charge is 0.302 e. The number of aromatic amines is 1. The van der Waals surface area contributed by atoms with Crippen LogP contribution in [-0.4, -0.2) is 34.7 Å². The van der Waals surface area contributed by atoms with Gasteiger partial charge in [0.15, 0.2) is 11.6 Å². The molecule has 1 aliphatic carbocycles. The molecule has 2 aromatic rings. The number of aromatic nitrogens is 2. The van der Waals surface area contributed by atoms with E-state index in [-0.39, 0.29) is 0 Å². The van der Waals surface area contributed by atoms with Crippen LogP contribution in [0.15, 0.2) is 36.5 Å². The van der Waals surface area contributed by atoms with Crippen LogP contribution in [0.5, 0.6) is 0 Å². The van der Waals surface area contributed by atoms with E-state index >= 15 is 0 Å². The molecule has 1 aromatic heterocycles.